The van der Waals surface area contributed by atoms with E-state index in [1.54, 1.807) is 0 Å². The second kappa shape index (κ2) is 5.17. The van der Waals surface area contributed by atoms with Crippen molar-refractivity contribution in [2.24, 2.45) is 11.7 Å². The maximum Gasteiger partial charge on any atom is 0.220 e. The zero-order chi connectivity index (χ0) is 11.4. The summed E-state index contributed by atoms with van der Waals surface area (Å²) < 4.78 is 0. The Kier molecular flexibility index (Phi) is 3.85. The molecule has 2 aliphatic carbocycles. The number of nitrogens with one attached hydrogen (secondary N) is 1. The monoisotopic (exact) mass is 224 g/mol. The Morgan fingerprint density at radius 2 is 1.88 bits per heavy atom. The van der Waals surface area contributed by atoms with Crippen LogP contribution in [0.4, 0.5) is 0 Å². The first-order valence-corrected chi connectivity index (χ1v) is 6.75. The second-order valence-corrected chi connectivity index (χ2v) is 5.59. The van der Waals surface area contributed by atoms with Crippen molar-refractivity contribution >= 4 is 5.91 Å². The van der Waals surface area contributed by atoms with Crippen molar-refractivity contribution in [2.45, 2.75) is 63.3 Å². The number of hydrogen-bond donors (Lipinski definition) is 2. The van der Waals surface area contributed by atoms with Crippen molar-refractivity contribution < 1.29 is 4.79 Å². The van der Waals surface area contributed by atoms with Crippen LogP contribution in [0.5, 0.6) is 0 Å². The molecule has 0 heterocycles. The summed E-state index contributed by atoms with van der Waals surface area (Å²) in [7, 11) is 0. The first-order chi connectivity index (χ1) is 7.74. The molecular weight excluding hydrogens is 200 g/mol. The van der Waals surface area contributed by atoms with Gasteiger partial charge in [-0.05, 0) is 38.0 Å². The normalized spacial score (nSPS) is 24.8. The first kappa shape index (κ1) is 11.9. The molecule has 0 bridgehead atoms. The highest BCUT2D eigenvalue weighted by atomic mass is 16.1. The van der Waals surface area contributed by atoms with Crippen molar-refractivity contribution in [3.63, 3.8) is 0 Å². The van der Waals surface area contributed by atoms with Crippen LogP contribution >= 0.6 is 0 Å². The fraction of sp³-hybridized carbons (Fsp3) is 0.923. The molecule has 1 amide bonds. The summed E-state index contributed by atoms with van der Waals surface area (Å²) in [4.78, 5) is 11.9. The Labute approximate surface area is 98.2 Å². The molecule has 92 valence electrons. The van der Waals surface area contributed by atoms with E-state index in [1.165, 1.54) is 38.5 Å². The van der Waals surface area contributed by atoms with Crippen LogP contribution in [0.25, 0.3) is 0 Å². The summed E-state index contributed by atoms with van der Waals surface area (Å²) in [5.74, 6) is 0.862. The van der Waals surface area contributed by atoms with Crippen LogP contribution in [0.3, 0.4) is 0 Å². The van der Waals surface area contributed by atoms with Crippen molar-refractivity contribution in [1.29, 1.82) is 0 Å². The maximum atomic E-state index is 11.9. The molecule has 0 unspecified atom stereocenters. The molecule has 2 fully saturated rings. The van der Waals surface area contributed by atoms with Gasteiger partial charge in [-0.25, -0.2) is 0 Å². The number of rotatable bonds is 4. The van der Waals surface area contributed by atoms with Gasteiger partial charge in [-0.15, -0.1) is 0 Å². The maximum absolute atomic E-state index is 11.9. The highest BCUT2D eigenvalue weighted by Crippen LogP contribution is 2.31. The third kappa shape index (κ3) is 2.76. The van der Waals surface area contributed by atoms with Gasteiger partial charge < -0.3 is 11.1 Å². The van der Waals surface area contributed by atoms with E-state index in [4.69, 9.17) is 5.73 Å². The Balaban J connectivity index is 1.74. The zero-order valence-corrected chi connectivity index (χ0v) is 10.1. The van der Waals surface area contributed by atoms with Gasteiger partial charge >= 0.3 is 0 Å². The minimum absolute atomic E-state index is 0.0360. The van der Waals surface area contributed by atoms with Gasteiger partial charge in [-0.3, -0.25) is 4.79 Å². The fourth-order valence-electron chi connectivity index (χ4n) is 2.98. The molecule has 2 saturated carbocycles. The predicted molar refractivity (Wildman–Crippen MR) is 65.0 cm³/mol. The Morgan fingerprint density at radius 3 is 2.38 bits per heavy atom. The van der Waals surface area contributed by atoms with Gasteiger partial charge in [0, 0.05) is 13.0 Å². The van der Waals surface area contributed by atoms with E-state index in [1.807, 2.05) is 0 Å². The van der Waals surface area contributed by atoms with Crippen molar-refractivity contribution in [1.82, 2.24) is 5.32 Å². The molecule has 3 N–H and O–H groups in total. The molecule has 0 atom stereocenters. The van der Waals surface area contributed by atoms with Gasteiger partial charge in [0.1, 0.15) is 0 Å². The smallest absolute Gasteiger partial charge is 0.220 e. The van der Waals surface area contributed by atoms with Crippen LogP contribution in [-0.4, -0.2) is 18.0 Å². The Morgan fingerprint density at radius 1 is 1.19 bits per heavy atom. The van der Waals surface area contributed by atoms with Crippen LogP contribution in [-0.2, 0) is 4.79 Å². The Bertz CT molecular complexity index is 237. The third-order valence-corrected chi connectivity index (χ3v) is 4.30. The highest BCUT2D eigenvalue weighted by molar-refractivity contribution is 5.77. The van der Waals surface area contributed by atoms with E-state index in [9.17, 15) is 4.79 Å². The molecule has 3 nitrogen and oxygen atoms in total. The highest BCUT2D eigenvalue weighted by Gasteiger charge is 2.37. The van der Waals surface area contributed by atoms with Gasteiger partial charge in [0.15, 0.2) is 0 Å². The summed E-state index contributed by atoms with van der Waals surface area (Å²) in [5.41, 5.74) is 5.70. The molecule has 2 aliphatic rings. The van der Waals surface area contributed by atoms with E-state index in [0.29, 0.717) is 12.5 Å². The van der Waals surface area contributed by atoms with Gasteiger partial charge in [0.25, 0.3) is 0 Å². The van der Waals surface area contributed by atoms with Crippen LogP contribution < -0.4 is 11.1 Å². The van der Waals surface area contributed by atoms with Gasteiger partial charge in [-0.2, -0.15) is 0 Å². The molecule has 2 rings (SSSR count). The molecule has 0 aromatic heterocycles. The lowest BCUT2D eigenvalue weighted by Gasteiger charge is -2.42. The van der Waals surface area contributed by atoms with Crippen molar-refractivity contribution in [3.05, 3.63) is 0 Å². The second-order valence-electron chi connectivity index (χ2n) is 5.59. The molecule has 0 aromatic rings. The van der Waals surface area contributed by atoms with Gasteiger partial charge in [0.05, 0.1) is 5.54 Å². The summed E-state index contributed by atoms with van der Waals surface area (Å²) in [5, 5.41) is 3.16. The van der Waals surface area contributed by atoms with Crippen LogP contribution in [0.1, 0.15) is 57.8 Å². The van der Waals surface area contributed by atoms with E-state index < -0.39 is 0 Å². The summed E-state index contributed by atoms with van der Waals surface area (Å²) in [6.45, 7) is 0.601. The van der Waals surface area contributed by atoms with E-state index in [0.717, 1.165) is 19.3 Å². The molecule has 16 heavy (non-hydrogen) atoms. The fourth-order valence-corrected chi connectivity index (χ4v) is 2.98. The number of amides is 1. The van der Waals surface area contributed by atoms with Crippen LogP contribution in [0.15, 0.2) is 0 Å². The van der Waals surface area contributed by atoms with Gasteiger partial charge in [-0.1, -0.05) is 19.3 Å². The minimum Gasteiger partial charge on any atom is -0.349 e. The minimum atomic E-state index is -0.0360. The Hall–Kier alpha value is -0.570. The standard InChI is InChI=1S/C13H24N2O/c14-10-13(7-4-8-13)15-12(16)9-11-5-2-1-3-6-11/h11H,1-10,14H2,(H,15,16). The average molecular weight is 224 g/mol. The quantitative estimate of drug-likeness (QED) is 0.767. The number of nitrogens with two attached hydrogens (primary N) is 1. The van der Waals surface area contributed by atoms with Crippen molar-refractivity contribution in [2.75, 3.05) is 6.54 Å². The predicted octanol–water partition coefficient (Wildman–Crippen LogP) is 1.95. The average Bonchev–Trinajstić information content (AvgIpc) is 2.25. The van der Waals surface area contributed by atoms with E-state index >= 15 is 0 Å². The molecule has 3 heteroatoms. The number of carbonyl (C=O) groups excluding carboxylic acids is 1. The largest absolute Gasteiger partial charge is 0.349 e. The number of hydrogen-bond acceptors (Lipinski definition) is 2. The lowest BCUT2D eigenvalue weighted by atomic mass is 9.76. The van der Waals surface area contributed by atoms with Gasteiger partial charge in [0.2, 0.25) is 5.91 Å². The van der Waals surface area contributed by atoms with Crippen molar-refractivity contribution in [3.8, 4) is 0 Å². The topological polar surface area (TPSA) is 55.1 Å². The summed E-state index contributed by atoms with van der Waals surface area (Å²) >= 11 is 0. The van der Waals surface area contributed by atoms with Crippen LogP contribution in [0, 0.1) is 5.92 Å². The molecular formula is C13H24N2O. The lowest BCUT2D eigenvalue weighted by molar-refractivity contribution is -0.125. The summed E-state index contributed by atoms with van der Waals surface area (Å²) in [6.07, 6.45) is 10.5. The lowest BCUT2D eigenvalue weighted by Crippen LogP contribution is -2.58. The number of carbonyl (C=O) groups is 1. The molecule has 0 aromatic carbocycles. The van der Waals surface area contributed by atoms with Crippen LogP contribution in [0.2, 0.25) is 0 Å². The zero-order valence-electron chi connectivity index (χ0n) is 10.1. The first-order valence-electron chi connectivity index (χ1n) is 6.75. The van der Waals surface area contributed by atoms with E-state index in [-0.39, 0.29) is 11.4 Å². The molecule has 0 saturated heterocycles. The van der Waals surface area contributed by atoms with E-state index in [2.05, 4.69) is 5.32 Å². The molecule has 0 aliphatic heterocycles. The summed E-state index contributed by atoms with van der Waals surface area (Å²) in [6, 6.07) is 0. The SMILES string of the molecule is NCC1(NC(=O)CC2CCCCC2)CCC1. The third-order valence-electron chi connectivity index (χ3n) is 4.30. The molecule has 0 radical (unpaired) electrons. The molecule has 0 spiro atoms.